The molecular formula is C28H36BrN3O6. The Kier molecular flexibility index (Phi) is 13.9. The molecule has 206 valence electrons. The van der Waals surface area contributed by atoms with E-state index in [1.54, 1.807) is 30.3 Å². The van der Waals surface area contributed by atoms with Gasteiger partial charge in [0.25, 0.3) is 5.91 Å². The van der Waals surface area contributed by atoms with Gasteiger partial charge in [-0.2, -0.15) is 5.10 Å². The van der Waals surface area contributed by atoms with E-state index in [-0.39, 0.29) is 23.8 Å². The van der Waals surface area contributed by atoms with Crippen LogP contribution in [0, 0.1) is 0 Å². The molecule has 38 heavy (non-hydrogen) atoms. The van der Waals surface area contributed by atoms with Crippen LogP contribution in [-0.4, -0.2) is 44.8 Å². The van der Waals surface area contributed by atoms with E-state index in [0.29, 0.717) is 23.5 Å². The van der Waals surface area contributed by atoms with Gasteiger partial charge in [0.2, 0.25) is 5.91 Å². The van der Waals surface area contributed by atoms with Crippen molar-refractivity contribution < 1.29 is 28.6 Å². The highest BCUT2D eigenvalue weighted by Gasteiger charge is 2.15. The van der Waals surface area contributed by atoms with Crippen LogP contribution >= 0.6 is 15.9 Å². The first-order valence-electron chi connectivity index (χ1n) is 12.7. The van der Waals surface area contributed by atoms with E-state index in [1.807, 2.05) is 0 Å². The van der Waals surface area contributed by atoms with Gasteiger partial charge in [0.05, 0.1) is 32.5 Å². The lowest BCUT2D eigenvalue weighted by Crippen LogP contribution is -2.34. The number of methoxy groups -OCH3 is 2. The molecule has 0 radical (unpaired) electrons. The number of unbranched alkanes of at least 4 members (excludes halogenated alkanes) is 6. The SMILES string of the molecule is CCCCCCCCCC(=O)NCC(=O)N/N=C/c1cc(Br)ccc1OC(=O)c1ccc(OC)c(OC)c1. The molecule has 2 rings (SSSR count). The van der Waals surface area contributed by atoms with E-state index < -0.39 is 11.9 Å². The van der Waals surface area contributed by atoms with Crippen LogP contribution in [0.5, 0.6) is 17.2 Å². The van der Waals surface area contributed by atoms with E-state index in [2.05, 4.69) is 38.7 Å². The van der Waals surface area contributed by atoms with E-state index in [9.17, 15) is 14.4 Å². The Labute approximate surface area is 232 Å². The molecule has 2 aromatic rings. The number of amides is 2. The van der Waals surface area contributed by atoms with Gasteiger partial charge in [-0.15, -0.1) is 0 Å². The predicted molar refractivity (Wildman–Crippen MR) is 150 cm³/mol. The third-order valence-corrected chi connectivity index (χ3v) is 6.13. The van der Waals surface area contributed by atoms with Gasteiger partial charge in [-0.3, -0.25) is 9.59 Å². The maximum atomic E-state index is 12.7. The van der Waals surface area contributed by atoms with Gasteiger partial charge in [0.15, 0.2) is 11.5 Å². The molecule has 0 saturated carbocycles. The average molecular weight is 591 g/mol. The van der Waals surface area contributed by atoms with Crippen molar-refractivity contribution in [1.29, 1.82) is 0 Å². The summed E-state index contributed by atoms with van der Waals surface area (Å²) < 4.78 is 16.7. The third-order valence-electron chi connectivity index (χ3n) is 5.64. The first kappa shape index (κ1) is 30.8. The molecule has 2 amide bonds. The number of benzene rings is 2. The molecule has 0 fully saturated rings. The van der Waals surface area contributed by atoms with Crippen molar-refractivity contribution in [2.45, 2.75) is 58.3 Å². The molecule has 9 nitrogen and oxygen atoms in total. The summed E-state index contributed by atoms with van der Waals surface area (Å²) in [6, 6.07) is 9.72. The molecule has 0 unspecified atom stereocenters. The smallest absolute Gasteiger partial charge is 0.343 e. The van der Waals surface area contributed by atoms with Crippen molar-refractivity contribution in [2.75, 3.05) is 20.8 Å². The van der Waals surface area contributed by atoms with Crippen molar-refractivity contribution in [3.8, 4) is 17.2 Å². The van der Waals surface area contributed by atoms with Gasteiger partial charge in [0, 0.05) is 16.5 Å². The van der Waals surface area contributed by atoms with Gasteiger partial charge < -0.3 is 19.5 Å². The first-order valence-corrected chi connectivity index (χ1v) is 13.5. The number of carbonyl (C=O) groups is 3. The topological polar surface area (TPSA) is 115 Å². The van der Waals surface area contributed by atoms with Gasteiger partial charge in [0.1, 0.15) is 5.75 Å². The van der Waals surface area contributed by atoms with Crippen LogP contribution in [0.4, 0.5) is 0 Å². The summed E-state index contributed by atoms with van der Waals surface area (Å²) in [4.78, 5) is 36.8. The number of nitrogens with one attached hydrogen (secondary N) is 2. The van der Waals surface area contributed by atoms with Crippen molar-refractivity contribution in [3.63, 3.8) is 0 Å². The summed E-state index contributed by atoms with van der Waals surface area (Å²) >= 11 is 3.38. The van der Waals surface area contributed by atoms with Crippen LogP contribution in [0.2, 0.25) is 0 Å². The first-order chi connectivity index (χ1) is 18.4. The second kappa shape index (κ2) is 17.2. The lowest BCUT2D eigenvalue weighted by molar-refractivity contribution is -0.126. The summed E-state index contributed by atoms with van der Waals surface area (Å²) in [6.07, 6.45) is 9.62. The van der Waals surface area contributed by atoms with Crippen molar-refractivity contribution in [2.24, 2.45) is 5.10 Å². The number of carbonyl (C=O) groups excluding carboxylic acids is 3. The summed E-state index contributed by atoms with van der Waals surface area (Å²) in [5, 5.41) is 6.54. The number of rotatable bonds is 16. The molecule has 10 heteroatoms. The quantitative estimate of drug-likeness (QED) is 0.0891. The van der Waals surface area contributed by atoms with Gasteiger partial charge in [-0.05, 0) is 42.8 Å². The van der Waals surface area contributed by atoms with Crippen LogP contribution < -0.4 is 25.0 Å². The molecule has 0 aliphatic heterocycles. The van der Waals surface area contributed by atoms with Gasteiger partial charge in [-0.1, -0.05) is 61.4 Å². The van der Waals surface area contributed by atoms with E-state index in [1.165, 1.54) is 52.2 Å². The lowest BCUT2D eigenvalue weighted by Gasteiger charge is -2.11. The minimum absolute atomic E-state index is 0.158. The average Bonchev–Trinajstić information content (AvgIpc) is 2.92. The number of esters is 1. The molecule has 2 N–H and O–H groups in total. The highest BCUT2D eigenvalue weighted by atomic mass is 79.9. The number of nitrogens with zero attached hydrogens (tertiary/aromatic N) is 1. The molecule has 0 aliphatic rings. The van der Waals surface area contributed by atoms with E-state index >= 15 is 0 Å². The minimum Gasteiger partial charge on any atom is -0.493 e. The van der Waals surface area contributed by atoms with Crippen molar-refractivity contribution in [1.82, 2.24) is 10.7 Å². The maximum Gasteiger partial charge on any atom is 0.343 e. The summed E-state index contributed by atoms with van der Waals surface area (Å²) in [5.74, 6) is -0.0892. The Bertz CT molecular complexity index is 1110. The normalized spacial score (nSPS) is 10.7. The highest BCUT2D eigenvalue weighted by molar-refractivity contribution is 9.10. The van der Waals surface area contributed by atoms with Crippen molar-refractivity contribution >= 4 is 39.9 Å². The molecular weight excluding hydrogens is 554 g/mol. The van der Waals surface area contributed by atoms with Gasteiger partial charge in [-0.25, -0.2) is 10.2 Å². The second-order valence-corrected chi connectivity index (χ2v) is 9.50. The van der Waals surface area contributed by atoms with E-state index in [0.717, 1.165) is 23.7 Å². The fraction of sp³-hybridized carbons (Fsp3) is 0.429. The number of hydrogen-bond acceptors (Lipinski definition) is 7. The van der Waals surface area contributed by atoms with Crippen LogP contribution in [0.25, 0.3) is 0 Å². The maximum absolute atomic E-state index is 12.7. The Morgan fingerprint density at radius 3 is 2.26 bits per heavy atom. The molecule has 0 aliphatic carbocycles. The molecule has 0 aromatic heterocycles. The Morgan fingerprint density at radius 1 is 0.868 bits per heavy atom. The number of hydrogen-bond donors (Lipinski definition) is 2. The summed E-state index contributed by atoms with van der Waals surface area (Å²) in [6.45, 7) is 2.01. The fourth-order valence-electron chi connectivity index (χ4n) is 3.56. The number of hydrazone groups is 1. The van der Waals surface area contributed by atoms with Crippen molar-refractivity contribution in [3.05, 3.63) is 52.0 Å². The third kappa shape index (κ3) is 10.9. The standard InChI is InChI=1S/C28H36BrN3O6/c1-4-5-6-7-8-9-10-11-26(33)30-19-27(34)32-31-18-21-16-22(29)13-15-23(21)38-28(35)20-12-14-24(36-2)25(17-20)37-3/h12-18H,4-11,19H2,1-3H3,(H,30,33)(H,32,34)/b31-18+. The van der Waals surface area contributed by atoms with Crippen LogP contribution in [0.1, 0.15) is 74.2 Å². The van der Waals surface area contributed by atoms with Crippen LogP contribution in [-0.2, 0) is 9.59 Å². The second-order valence-electron chi connectivity index (χ2n) is 8.58. The summed E-state index contributed by atoms with van der Waals surface area (Å²) in [5.41, 5.74) is 3.10. The van der Waals surface area contributed by atoms with E-state index in [4.69, 9.17) is 14.2 Å². The zero-order valence-corrected chi connectivity index (χ0v) is 23.8. The Morgan fingerprint density at radius 2 is 1.55 bits per heavy atom. The molecule has 0 saturated heterocycles. The van der Waals surface area contributed by atoms with Gasteiger partial charge >= 0.3 is 5.97 Å². The minimum atomic E-state index is -0.601. The Hall–Kier alpha value is -3.40. The zero-order valence-electron chi connectivity index (χ0n) is 22.2. The molecule has 0 heterocycles. The molecule has 0 atom stereocenters. The number of ether oxygens (including phenoxy) is 3. The zero-order chi connectivity index (χ0) is 27.8. The largest absolute Gasteiger partial charge is 0.493 e. The fourth-order valence-corrected chi connectivity index (χ4v) is 3.94. The molecule has 0 bridgehead atoms. The monoisotopic (exact) mass is 589 g/mol. The summed E-state index contributed by atoms with van der Waals surface area (Å²) in [7, 11) is 2.99. The van der Waals surface area contributed by atoms with Crippen LogP contribution in [0.3, 0.4) is 0 Å². The highest BCUT2D eigenvalue weighted by Crippen LogP contribution is 2.29. The Balaban J connectivity index is 1.85. The molecule has 2 aromatic carbocycles. The molecule has 0 spiro atoms. The lowest BCUT2D eigenvalue weighted by atomic mass is 10.1. The predicted octanol–water partition coefficient (Wildman–Crippen LogP) is 5.39. The number of halogens is 1. The van der Waals surface area contributed by atoms with Crippen LogP contribution in [0.15, 0.2) is 46.0 Å².